The van der Waals surface area contributed by atoms with Gasteiger partial charge in [-0.15, -0.1) is 0 Å². The first kappa shape index (κ1) is 47.8. The molecule has 1 aliphatic carbocycles. The fraction of sp³-hybridized carbons (Fsp3) is 0.542. The van der Waals surface area contributed by atoms with Crippen molar-refractivity contribution in [3.8, 4) is 45.1 Å². The van der Waals surface area contributed by atoms with Crippen molar-refractivity contribution in [2.24, 2.45) is 17.3 Å². The van der Waals surface area contributed by atoms with E-state index in [9.17, 15) is 19.2 Å². The highest BCUT2D eigenvalue weighted by Gasteiger charge is 2.55. The maximum Gasteiger partial charge on any atom is 0.407 e. The summed E-state index contributed by atoms with van der Waals surface area (Å²) in [5, 5.41) is 5.45. The van der Waals surface area contributed by atoms with Crippen LogP contribution in [-0.4, -0.2) is 134 Å². The smallest absolute Gasteiger partial charge is 0.407 e. The summed E-state index contributed by atoms with van der Waals surface area (Å²) in [6.07, 6.45) is 6.64. The zero-order valence-corrected chi connectivity index (χ0v) is 39.2. The molecule has 3 aliphatic rings. The molecule has 0 radical (unpaired) electrons. The Morgan fingerprint density at radius 2 is 1.20 bits per heavy atom. The third-order valence-corrected chi connectivity index (χ3v) is 12.9. The number of hydrogen-bond acceptors (Lipinski definition) is 12. The molecule has 18 nitrogen and oxygen atoms in total. The number of carbonyl (C=O) groups excluding carboxylic acids is 4. The van der Waals surface area contributed by atoms with Gasteiger partial charge in [-0.25, -0.2) is 19.6 Å². The topological polar surface area (TPSA) is 212 Å². The molecule has 7 rings (SSSR count). The van der Waals surface area contributed by atoms with Gasteiger partial charge in [0.25, 0.3) is 0 Å². The first-order valence-electron chi connectivity index (χ1n) is 22.7. The second-order valence-electron chi connectivity index (χ2n) is 18.0. The first-order chi connectivity index (χ1) is 31.8. The van der Waals surface area contributed by atoms with Gasteiger partial charge in [0.15, 0.2) is 11.5 Å². The maximum atomic E-state index is 14.0. The molecule has 1 spiro atoms. The molecule has 18 heteroatoms. The molecule has 2 aromatic heterocycles. The number of nitrogens with zero attached hydrogens (tertiary/aromatic N) is 4. The molecule has 4 amide bonds. The molecule has 2 saturated heterocycles. The Morgan fingerprint density at radius 1 is 0.682 bits per heavy atom. The Morgan fingerprint density at radius 3 is 1.76 bits per heavy atom. The Bertz CT molecular complexity index is 2320. The van der Waals surface area contributed by atoms with Crippen LogP contribution in [0, 0.1) is 17.3 Å². The number of likely N-dealkylation sites (tertiary alicyclic amines) is 2. The Balaban J connectivity index is 1.16. The van der Waals surface area contributed by atoms with E-state index in [1.165, 1.54) is 14.2 Å². The van der Waals surface area contributed by atoms with Crippen molar-refractivity contribution in [3.63, 3.8) is 0 Å². The molecule has 4 aromatic rings. The van der Waals surface area contributed by atoms with E-state index in [-0.39, 0.29) is 54.4 Å². The van der Waals surface area contributed by atoms with Crippen molar-refractivity contribution >= 4 is 24.0 Å². The van der Waals surface area contributed by atoms with Crippen molar-refractivity contribution in [2.75, 3.05) is 68.0 Å². The number of ether oxygens (including phenoxy) is 6. The normalized spacial score (nSPS) is 18.4. The fourth-order valence-corrected chi connectivity index (χ4v) is 9.01. The van der Waals surface area contributed by atoms with E-state index >= 15 is 0 Å². The highest BCUT2D eigenvalue weighted by atomic mass is 16.6. The molecule has 4 atom stereocenters. The summed E-state index contributed by atoms with van der Waals surface area (Å²) < 4.78 is 33.3. The van der Waals surface area contributed by atoms with Crippen LogP contribution in [0.2, 0.25) is 0 Å². The molecule has 0 bridgehead atoms. The fourth-order valence-electron chi connectivity index (χ4n) is 9.01. The largest absolute Gasteiger partial charge is 0.487 e. The van der Waals surface area contributed by atoms with Crippen LogP contribution >= 0.6 is 0 Å². The minimum absolute atomic E-state index is 0.0760. The van der Waals surface area contributed by atoms with Gasteiger partial charge in [0, 0.05) is 38.4 Å². The lowest BCUT2D eigenvalue weighted by Crippen LogP contribution is -2.51. The summed E-state index contributed by atoms with van der Waals surface area (Å²) in [6.45, 7) is 9.92. The van der Waals surface area contributed by atoms with Gasteiger partial charge in [0.05, 0.1) is 63.3 Å². The van der Waals surface area contributed by atoms with Crippen LogP contribution in [0.4, 0.5) is 9.59 Å². The van der Waals surface area contributed by atoms with Gasteiger partial charge >= 0.3 is 12.2 Å². The van der Waals surface area contributed by atoms with Crippen molar-refractivity contribution in [3.05, 3.63) is 60.4 Å². The van der Waals surface area contributed by atoms with Crippen LogP contribution in [0.3, 0.4) is 0 Å². The van der Waals surface area contributed by atoms with Crippen molar-refractivity contribution in [1.29, 1.82) is 0 Å². The average molecular weight is 913 g/mol. The van der Waals surface area contributed by atoms with Gasteiger partial charge in [0.1, 0.15) is 36.9 Å². The van der Waals surface area contributed by atoms with E-state index < -0.39 is 24.3 Å². The summed E-state index contributed by atoms with van der Waals surface area (Å²) in [6, 6.07) is 9.95. The molecule has 66 heavy (non-hydrogen) atoms. The highest BCUT2D eigenvalue weighted by Crippen LogP contribution is 2.58. The van der Waals surface area contributed by atoms with Gasteiger partial charge in [-0.2, -0.15) is 0 Å². The molecular weight excluding hydrogens is 849 g/mol. The second kappa shape index (κ2) is 21.0. The summed E-state index contributed by atoms with van der Waals surface area (Å²) in [5.74, 6) is 1.70. The summed E-state index contributed by atoms with van der Waals surface area (Å²) >= 11 is 0. The van der Waals surface area contributed by atoms with E-state index in [0.717, 1.165) is 48.1 Å². The quantitative estimate of drug-likeness (QED) is 0.0728. The van der Waals surface area contributed by atoms with Crippen molar-refractivity contribution < 1.29 is 47.6 Å². The lowest BCUT2D eigenvalue weighted by atomic mass is 9.98. The Kier molecular flexibility index (Phi) is 15.2. The molecule has 1 saturated carbocycles. The second-order valence-corrected chi connectivity index (χ2v) is 18.0. The van der Waals surface area contributed by atoms with E-state index in [1.54, 1.807) is 31.5 Å². The van der Waals surface area contributed by atoms with Crippen molar-refractivity contribution in [2.45, 2.75) is 84.0 Å². The number of aromatic amines is 2. The Hall–Kier alpha value is -6.14. The molecular formula is C48H64N8O10. The van der Waals surface area contributed by atoms with Crippen LogP contribution < -0.4 is 20.1 Å². The zero-order valence-electron chi connectivity index (χ0n) is 39.2. The molecule has 356 valence electrons. The number of alkyl carbamates (subject to hydrolysis) is 2. The number of amides is 4. The van der Waals surface area contributed by atoms with Crippen molar-refractivity contribution in [1.82, 2.24) is 40.4 Å². The van der Waals surface area contributed by atoms with Crippen LogP contribution in [0.25, 0.3) is 33.6 Å². The van der Waals surface area contributed by atoms with Gasteiger partial charge in [-0.05, 0) is 72.6 Å². The van der Waals surface area contributed by atoms with E-state index in [2.05, 4.69) is 20.6 Å². The number of carbonyl (C=O) groups is 4. The minimum atomic E-state index is -0.754. The zero-order chi connectivity index (χ0) is 47.1. The van der Waals surface area contributed by atoms with E-state index in [4.69, 9.17) is 38.4 Å². The third kappa shape index (κ3) is 10.4. The average Bonchev–Trinajstić information content (AvgIpc) is 3.85. The number of imidazole rings is 2. The molecule has 4 N–H and O–H groups in total. The third-order valence-electron chi connectivity index (χ3n) is 12.9. The Labute approximate surface area is 385 Å². The number of rotatable bonds is 19. The number of nitrogens with one attached hydrogen (secondary N) is 4. The lowest BCUT2D eigenvalue weighted by molar-refractivity contribution is -0.136. The monoisotopic (exact) mass is 912 g/mol. The van der Waals surface area contributed by atoms with Crippen LogP contribution in [-0.2, 0) is 28.5 Å². The molecule has 2 aliphatic heterocycles. The predicted octanol–water partition coefficient (Wildman–Crippen LogP) is 6.66. The van der Waals surface area contributed by atoms with Gasteiger partial charge in [-0.3, -0.25) is 9.59 Å². The van der Waals surface area contributed by atoms with Crippen LogP contribution in [0.15, 0.2) is 48.8 Å². The standard InChI is InChI=1S/C48H64N8O10/c1-28(2)38(53-46(59)63-7)44(57)55-19-9-10-36(55)42-50-26-35(52-42)33-16-15-32(40(65-22-20-61-5)41(33)66-23-21-62-6)30-11-13-31(14-12-30)34-25-49-43(51-34)37-24-48(17-18-48)27-56(37)45(58)39(29(3)4)54-47(60)64-8/h11-16,25-26,28-29,36-39H,9-10,17-24,27H2,1-8H3,(H,49,51)(H,50,52)(H,53,59)(H,54,60)/t36-,37-,38-,39-/m0/s1. The van der Waals surface area contributed by atoms with Gasteiger partial charge in [0.2, 0.25) is 11.8 Å². The van der Waals surface area contributed by atoms with Gasteiger partial charge in [-0.1, -0.05) is 52.0 Å². The summed E-state index contributed by atoms with van der Waals surface area (Å²) in [4.78, 5) is 72.4. The number of methoxy groups -OCH3 is 4. The lowest BCUT2D eigenvalue weighted by Gasteiger charge is -2.30. The molecule has 0 unspecified atom stereocenters. The molecule has 4 heterocycles. The highest BCUT2D eigenvalue weighted by molar-refractivity contribution is 5.88. The maximum absolute atomic E-state index is 14.0. The van der Waals surface area contributed by atoms with Crippen LogP contribution in [0.5, 0.6) is 11.5 Å². The summed E-state index contributed by atoms with van der Waals surface area (Å²) in [7, 11) is 5.80. The van der Waals surface area contributed by atoms with E-state index in [0.29, 0.717) is 67.1 Å². The predicted molar refractivity (Wildman–Crippen MR) is 245 cm³/mol. The molecule has 2 aromatic carbocycles. The number of aromatic nitrogens is 4. The number of benzene rings is 2. The number of H-pyrrole nitrogens is 2. The number of hydrogen-bond donors (Lipinski definition) is 4. The minimum Gasteiger partial charge on any atom is -0.487 e. The van der Waals surface area contributed by atoms with Gasteiger partial charge < -0.3 is 58.8 Å². The molecule has 3 fully saturated rings. The van der Waals surface area contributed by atoms with Crippen LogP contribution in [0.1, 0.15) is 83.5 Å². The first-order valence-corrected chi connectivity index (χ1v) is 22.7. The summed E-state index contributed by atoms with van der Waals surface area (Å²) in [5.41, 5.74) is 4.84. The van der Waals surface area contributed by atoms with E-state index in [1.807, 2.05) is 69.0 Å². The SMILES string of the molecule is COCCOc1c(-c2ccc(-c3cnc([C@@H]4CC5(CC5)CN4C(=O)[C@@H](NC(=O)OC)C(C)C)[nH]3)cc2)ccc(-c2cnc([C@@H]3CCCN3C(=O)[C@@H](NC(=O)OC)C(C)C)[nH]2)c1OCCOC.